The number of benzene rings is 2. The molecule has 2 atom stereocenters. The molecule has 0 radical (unpaired) electrons. The summed E-state index contributed by atoms with van der Waals surface area (Å²) in [5, 5.41) is 23.3. The van der Waals surface area contributed by atoms with E-state index in [0.29, 0.717) is 0 Å². The van der Waals surface area contributed by atoms with E-state index in [0.717, 1.165) is 22.3 Å². The second-order valence-corrected chi connectivity index (χ2v) is 8.47. The Hall–Kier alpha value is -3.39. The third kappa shape index (κ3) is 5.70. The molecule has 3 rings (SSSR count). The normalized spacial score (nSPS) is 14.2. The molecule has 0 fully saturated rings. The number of carboxylic acids is 1. The Morgan fingerprint density at radius 2 is 1.58 bits per heavy atom. The van der Waals surface area contributed by atoms with Crippen LogP contribution in [-0.4, -0.2) is 54.0 Å². The fraction of sp³-hybridized carbons (Fsp3) is 0.400. The molecule has 0 bridgehead atoms. The SMILES string of the molecule is CC(C)C(CNC(=O)OCC1c2ccccc2-c2ccccc21)C(=O)NC(CCO)C(=O)O. The van der Waals surface area contributed by atoms with Gasteiger partial charge in [-0.25, -0.2) is 9.59 Å². The number of nitrogens with one attached hydrogen (secondary N) is 2. The van der Waals surface area contributed by atoms with E-state index >= 15 is 0 Å². The van der Waals surface area contributed by atoms with Crippen molar-refractivity contribution in [2.24, 2.45) is 11.8 Å². The van der Waals surface area contributed by atoms with Crippen molar-refractivity contribution in [3.63, 3.8) is 0 Å². The Labute approximate surface area is 193 Å². The number of alkyl carbamates (subject to hydrolysis) is 1. The summed E-state index contributed by atoms with van der Waals surface area (Å²) in [6.45, 7) is 3.43. The number of fused-ring (bicyclic) bond motifs is 3. The van der Waals surface area contributed by atoms with Crippen molar-refractivity contribution < 1.29 is 29.3 Å². The summed E-state index contributed by atoms with van der Waals surface area (Å²) in [5.41, 5.74) is 4.48. The number of rotatable bonds is 10. The summed E-state index contributed by atoms with van der Waals surface area (Å²) in [6, 6.07) is 14.9. The summed E-state index contributed by atoms with van der Waals surface area (Å²) < 4.78 is 5.50. The molecule has 0 spiro atoms. The molecule has 0 aromatic heterocycles. The molecule has 8 heteroatoms. The second-order valence-electron chi connectivity index (χ2n) is 8.47. The number of carbonyl (C=O) groups excluding carboxylic acids is 2. The van der Waals surface area contributed by atoms with Gasteiger partial charge in [-0.2, -0.15) is 0 Å². The molecule has 2 amide bonds. The van der Waals surface area contributed by atoms with E-state index < -0.39 is 29.9 Å². The van der Waals surface area contributed by atoms with Crippen molar-refractivity contribution in [1.82, 2.24) is 10.6 Å². The summed E-state index contributed by atoms with van der Waals surface area (Å²) in [5.74, 6) is -2.58. The lowest BCUT2D eigenvalue weighted by Crippen LogP contribution is -2.48. The molecule has 1 aliphatic rings. The van der Waals surface area contributed by atoms with Gasteiger partial charge in [-0.3, -0.25) is 4.79 Å². The van der Waals surface area contributed by atoms with Crippen molar-refractivity contribution in [2.75, 3.05) is 19.8 Å². The molecule has 2 unspecified atom stereocenters. The maximum atomic E-state index is 12.6. The van der Waals surface area contributed by atoms with Gasteiger partial charge in [0.25, 0.3) is 0 Å². The minimum atomic E-state index is -1.22. The highest BCUT2D eigenvalue weighted by molar-refractivity contribution is 5.85. The van der Waals surface area contributed by atoms with Crippen LogP contribution in [0.25, 0.3) is 11.1 Å². The summed E-state index contributed by atoms with van der Waals surface area (Å²) in [6.07, 6.45) is -0.730. The van der Waals surface area contributed by atoms with E-state index in [2.05, 4.69) is 22.8 Å². The summed E-state index contributed by atoms with van der Waals surface area (Å²) in [4.78, 5) is 36.2. The van der Waals surface area contributed by atoms with E-state index in [9.17, 15) is 19.5 Å². The van der Waals surface area contributed by atoms with Crippen LogP contribution in [0.1, 0.15) is 37.3 Å². The molecule has 33 heavy (non-hydrogen) atoms. The van der Waals surface area contributed by atoms with E-state index in [1.165, 1.54) is 0 Å². The van der Waals surface area contributed by atoms with E-state index in [-0.39, 0.29) is 38.0 Å². The van der Waals surface area contributed by atoms with Gasteiger partial charge in [0.05, 0.1) is 5.92 Å². The van der Waals surface area contributed by atoms with Crippen molar-refractivity contribution in [1.29, 1.82) is 0 Å². The predicted molar refractivity (Wildman–Crippen MR) is 123 cm³/mol. The summed E-state index contributed by atoms with van der Waals surface area (Å²) in [7, 11) is 0. The number of ether oxygens (including phenoxy) is 1. The highest BCUT2D eigenvalue weighted by Crippen LogP contribution is 2.44. The van der Waals surface area contributed by atoms with Crippen LogP contribution in [0.5, 0.6) is 0 Å². The Kier molecular flexibility index (Phi) is 8.06. The van der Waals surface area contributed by atoms with Crippen LogP contribution < -0.4 is 10.6 Å². The van der Waals surface area contributed by atoms with Crippen molar-refractivity contribution >= 4 is 18.0 Å². The van der Waals surface area contributed by atoms with Crippen molar-refractivity contribution in [3.8, 4) is 11.1 Å². The van der Waals surface area contributed by atoms with Gasteiger partial charge < -0.3 is 25.6 Å². The first kappa shape index (κ1) is 24.3. The zero-order chi connectivity index (χ0) is 24.0. The third-order valence-electron chi connectivity index (χ3n) is 5.98. The highest BCUT2D eigenvalue weighted by Gasteiger charge is 2.30. The van der Waals surface area contributed by atoms with Gasteiger partial charge in [0.1, 0.15) is 12.6 Å². The predicted octanol–water partition coefficient (Wildman–Crippen LogP) is 2.75. The Balaban J connectivity index is 1.58. The molecule has 1 aliphatic carbocycles. The Morgan fingerprint density at radius 3 is 2.09 bits per heavy atom. The number of carboxylic acid groups (broad SMARTS) is 1. The topological polar surface area (TPSA) is 125 Å². The number of aliphatic carboxylic acids is 1. The second kappa shape index (κ2) is 11.0. The minimum Gasteiger partial charge on any atom is -0.480 e. The number of amides is 2. The smallest absolute Gasteiger partial charge is 0.407 e. The van der Waals surface area contributed by atoms with E-state index in [1.807, 2.05) is 50.2 Å². The lowest BCUT2D eigenvalue weighted by atomic mass is 9.94. The molecule has 4 N–H and O–H groups in total. The van der Waals surface area contributed by atoms with Crippen LogP contribution in [0, 0.1) is 11.8 Å². The molecular formula is C25H30N2O6. The molecule has 2 aromatic carbocycles. The summed E-state index contributed by atoms with van der Waals surface area (Å²) >= 11 is 0. The molecule has 176 valence electrons. The molecule has 0 heterocycles. The van der Waals surface area contributed by atoms with Crippen LogP contribution in [-0.2, 0) is 14.3 Å². The third-order valence-corrected chi connectivity index (χ3v) is 5.98. The van der Waals surface area contributed by atoms with Gasteiger partial charge in [0, 0.05) is 25.5 Å². The van der Waals surface area contributed by atoms with Gasteiger partial charge in [0.2, 0.25) is 5.91 Å². The molecule has 2 aromatic rings. The van der Waals surface area contributed by atoms with Crippen LogP contribution in [0.2, 0.25) is 0 Å². The fourth-order valence-electron chi connectivity index (χ4n) is 4.14. The van der Waals surface area contributed by atoms with Crippen LogP contribution >= 0.6 is 0 Å². The van der Waals surface area contributed by atoms with E-state index in [1.54, 1.807) is 0 Å². The van der Waals surface area contributed by atoms with E-state index in [4.69, 9.17) is 9.84 Å². The number of aliphatic hydroxyl groups is 1. The number of carbonyl (C=O) groups is 3. The first-order chi connectivity index (χ1) is 15.8. The first-order valence-corrected chi connectivity index (χ1v) is 11.1. The Bertz CT molecular complexity index is 960. The number of hydrogen-bond donors (Lipinski definition) is 4. The van der Waals surface area contributed by atoms with Gasteiger partial charge in [0.15, 0.2) is 0 Å². The molecule has 0 saturated heterocycles. The molecule has 0 aliphatic heterocycles. The fourth-order valence-corrected chi connectivity index (χ4v) is 4.14. The van der Waals surface area contributed by atoms with Crippen LogP contribution in [0.15, 0.2) is 48.5 Å². The Morgan fingerprint density at radius 1 is 1.00 bits per heavy atom. The maximum Gasteiger partial charge on any atom is 0.407 e. The van der Waals surface area contributed by atoms with Gasteiger partial charge in [-0.05, 0) is 28.2 Å². The number of aliphatic hydroxyl groups excluding tert-OH is 1. The van der Waals surface area contributed by atoms with Crippen molar-refractivity contribution in [2.45, 2.75) is 32.2 Å². The van der Waals surface area contributed by atoms with Crippen LogP contribution in [0.3, 0.4) is 0 Å². The zero-order valence-corrected chi connectivity index (χ0v) is 18.8. The molecule has 0 saturated carbocycles. The lowest BCUT2D eigenvalue weighted by Gasteiger charge is -2.23. The number of hydrogen-bond acceptors (Lipinski definition) is 5. The molecular weight excluding hydrogens is 424 g/mol. The van der Waals surface area contributed by atoms with Gasteiger partial charge in [-0.15, -0.1) is 0 Å². The zero-order valence-electron chi connectivity index (χ0n) is 18.8. The standard InChI is InChI=1S/C25H30N2O6/c1-15(2)20(23(29)27-22(11-12-28)24(30)31)13-26-25(32)33-14-21-18-9-5-3-7-16(18)17-8-4-6-10-19(17)21/h3-10,15,20-22,28H,11-14H2,1-2H3,(H,26,32)(H,27,29)(H,30,31). The lowest BCUT2D eigenvalue weighted by molar-refractivity contribution is -0.143. The largest absolute Gasteiger partial charge is 0.480 e. The maximum absolute atomic E-state index is 12.6. The minimum absolute atomic E-state index is 0.00559. The van der Waals surface area contributed by atoms with Gasteiger partial charge >= 0.3 is 12.1 Å². The monoisotopic (exact) mass is 454 g/mol. The quantitative estimate of drug-likeness (QED) is 0.438. The first-order valence-electron chi connectivity index (χ1n) is 11.1. The molecule has 8 nitrogen and oxygen atoms in total. The van der Waals surface area contributed by atoms with Gasteiger partial charge in [-0.1, -0.05) is 62.4 Å². The van der Waals surface area contributed by atoms with Crippen LogP contribution in [0.4, 0.5) is 4.79 Å². The average Bonchev–Trinajstić information content (AvgIpc) is 3.11. The average molecular weight is 455 g/mol. The van der Waals surface area contributed by atoms with Crippen molar-refractivity contribution in [3.05, 3.63) is 59.7 Å². The highest BCUT2D eigenvalue weighted by atomic mass is 16.5.